The maximum absolute atomic E-state index is 5.63. The lowest BCUT2D eigenvalue weighted by Crippen LogP contribution is -2.31. The van der Waals surface area contributed by atoms with Gasteiger partial charge in [0.15, 0.2) is 5.82 Å². The van der Waals surface area contributed by atoms with E-state index in [4.69, 9.17) is 5.73 Å². The predicted octanol–water partition coefficient (Wildman–Crippen LogP) is 0.461. The molecule has 1 saturated heterocycles. The van der Waals surface area contributed by atoms with Gasteiger partial charge in [0.05, 0.1) is 0 Å². The molecule has 0 bridgehead atoms. The van der Waals surface area contributed by atoms with E-state index in [1.54, 1.807) is 0 Å². The molecule has 1 fully saturated rings. The smallest absolute Gasteiger partial charge is 0.191 e. The van der Waals surface area contributed by atoms with Gasteiger partial charge in [0.2, 0.25) is 0 Å². The van der Waals surface area contributed by atoms with Crippen LogP contribution in [-0.4, -0.2) is 35.4 Å². The molecule has 0 saturated carbocycles. The highest BCUT2D eigenvalue weighted by atomic mass is 16.6. The molecule has 72 valence electrons. The molecule has 2 heterocycles. The summed E-state index contributed by atoms with van der Waals surface area (Å²) in [6.45, 7) is 2.15. The van der Waals surface area contributed by atoms with Crippen LogP contribution in [0.3, 0.4) is 0 Å². The minimum atomic E-state index is 0.394. The number of hydrogen-bond donors (Lipinski definition) is 1. The molecule has 1 aromatic heterocycles. The Balaban J connectivity index is 2.12. The van der Waals surface area contributed by atoms with E-state index in [-0.39, 0.29) is 0 Å². The molecule has 1 aliphatic rings. The SMILES string of the molecule is CN1CCCC(c2nonc2N)C1. The number of hydrogen-bond acceptors (Lipinski definition) is 5. The lowest BCUT2D eigenvalue weighted by molar-refractivity contribution is 0.240. The van der Waals surface area contributed by atoms with Gasteiger partial charge >= 0.3 is 0 Å². The van der Waals surface area contributed by atoms with Crippen molar-refractivity contribution in [1.82, 2.24) is 15.2 Å². The van der Waals surface area contributed by atoms with Crippen LogP contribution in [0.2, 0.25) is 0 Å². The topological polar surface area (TPSA) is 68.2 Å². The van der Waals surface area contributed by atoms with Crippen LogP contribution in [0.25, 0.3) is 0 Å². The summed E-state index contributed by atoms with van der Waals surface area (Å²) in [5.74, 6) is 0.838. The molecule has 1 atom stereocenters. The van der Waals surface area contributed by atoms with Gasteiger partial charge in [0.25, 0.3) is 0 Å². The molecule has 0 aliphatic carbocycles. The molecule has 2 N–H and O–H groups in total. The van der Waals surface area contributed by atoms with Gasteiger partial charge in [0, 0.05) is 12.5 Å². The summed E-state index contributed by atoms with van der Waals surface area (Å²) in [6, 6.07) is 0. The maximum atomic E-state index is 5.63. The zero-order chi connectivity index (χ0) is 9.26. The molecule has 0 amide bonds. The van der Waals surface area contributed by atoms with Gasteiger partial charge in [0.1, 0.15) is 5.69 Å². The molecule has 5 nitrogen and oxygen atoms in total. The van der Waals surface area contributed by atoms with Gasteiger partial charge in [-0.05, 0) is 31.6 Å². The van der Waals surface area contributed by atoms with Crippen LogP contribution in [0.5, 0.6) is 0 Å². The zero-order valence-corrected chi connectivity index (χ0v) is 7.73. The Morgan fingerprint density at radius 2 is 2.38 bits per heavy atom. The van der Waals surface area contributed by atoms with E-state index in [1.807, 2.05) is 0 Å². The molecule has 1 aliphatic heterocycles. The fraction of sp³-hybridized carbons (Fsp3) is 0.750. The highest BCUT2D eigenvalue weighted by molar-refractivity contribution is 5.34. The van der Waals surface area contributed by atoms with E-state index in [2.05, 4.69) is 26.9 Å². The van der Waals surface area contributed by atoms with Gasteiger partial charge in [-0.15, -0.1) is 0 Å². The first-order chi connectivity index (χ1) is 6.27. The largest absolute Gasteiger partial charge is 0.379 e. The Bertz CT molecular complexity index is 285. The number of nitrogen functional groups attached to an aromatic ring is 1. The summed E-state index contributed by atoms with van der Waals surface area (Å²) >= 11 is 0. The average molecular weight is 182 g/mol. The van der Waals surface area contributed by atoms with Crippen LogP contribution in [0.1, 0.15) is 24.5 Å². The quantitative estimate of drug-likeness (QED) is 0.683. The van der Waals surface area contributed by atoms with E-state index in [0.29, 0.717) is 11.7 Å². The summed E-state index contributed by atoms with van der Waals surface area (Å²) < 4.78 is 4.59. The van der Waals surface area contributed by atoms with Crippen molar-refractivity contribution in [2.24, 2.45) is 0 Å². The number of anilines is 1. The van der Waals surface area contributed by atoms with Gasteiger partial charge in [-0.1, -0.05) is 5.16 Å². The Morgan fingerprint density at radius 1 is 1.54 bits per heavy atom. The second kappa shape index (κ2) is 3.33. The third-order valence-electron chi connectivity index (χ3n) is 2.55. The molecule has 2 rings (SSSR count). The van der Waals surface area contributed by atoms with Crippen molar-refractivity contribution in [3.05, 3.63) is 5.69 Å². The van der Waals surface area contributed by atoms with Gasteiger partial charge < -0.3 is 10.6 Å². The van der Waals surface area contributed by atoms with Crippen molar-refractivity contribution < 1.29 is 4.63 Å². The predicted molar refractivity (Wildman–Crippen MR) is 48.2 cm³/mol. The molecule has 1 unspecified atom stereocenters. The summed E-state index contributed by atoms with van der Waals surface area (Å²) in [6.07, 6.45) is 2.32. The second-order valence-corrected chi connectivity index (χ2v) is 3.64. The van der Waals surface area contributed by atoms with Crippen molar-refractivity contribution in [2.75, 3.05) is 25.9 Å². The number of piperidine rings is 1. The lowest BCUT2D eigenvalue weighted by Gasteiger charge is -2.28. The highest BCUT2D eigenvalue weighted by Crippen LogP contribution is 2.27. The maximum Gasteiger partial charge on any atom is 0.191 e. The van der Waals surface area contributed by atoms with Crippen LogP contribution in [0.4, 0.5) is 5.82 Å². The van der Waals surface area contributed by atoms with E-state index in [0.717, 1.165) is 25.2 Å². The summed E-state index contributed by atoms with van der Waals surface area (Å²) in [7, 11) is 2.11. The number of likely N-dealkylation sites (N-methyl/N-ethyl adjacent to an activating group) is 1. The Kier molecular flexibility index (Phi) is 2.18. The van der Waals surface area contributed by atoms with Crippen LogP contribution >= 0.6 is 0 Å². The van der Waals surface area contributed by atoms with Crippen molar-refractivity contribution in [1.29, 1.82) is 0 Å². The number of nitrogens with zero attached hydrogens (tertiary/aromatic N) is 3. The normalized spacial score (nSPS) is 24.8. The first-order valence-corrected chi connectivity index (χ1v) is 4.54. The Hall–Kier alpha value is -1.10. The Morgan fingerprint density at radius 3 is 3.00 bits per heavy atom. The first-order valence-electron chi connectivity index (χ1n) is 4.54. The second-order valence-electron chi connectivity index (χ2n) is 3.64. The van der Waals surface area contributed by atoms with Gasteiger partial charge in [-0.2, -0.15) is 0 Å². The third-order valence-corrected chi connectivity index (χ3v) is 2.55. The van der Waals surface area contributed by atoms with Crippen LogP contribution < -0.4 is 5.73 Å². The lowest BCUT2D eigenvalue weighted by atomic mass is 9.95. The third kappa shape index (κ3) is 1.65. The molecular weight excluding hydrogens is 168 g/mol. The summed E-state index contributed by atoms with van der Waals surface area (Å²) in [5.41, 5.74) is 6.46. The van der Waals surface area contributed by atoms with Crippen molar-refractivity contribution in [2.45, 2.75) is 18.8 Å². The number of rotatable bonds is 1. The monoisotopic (exact) mass is 182 g/mol. The van der Waals surface area contributed by atoms with Gasteiger partial charge in [-0.25, -0.2) is 4.63 Å². The minimum absolute atomic E-state index is 0.394. The molecule has 1 aromatic rings. The van der Waals surface area contributed by atoms with Crippen molar-refractivity contribution in [3.63, 3.8) is 0 Å². The molecular formula is C8H14N4O. The zero-order valence-electron chi connectivity index (χ0n) is 7.73. The summed E-state index contributed by atoms with van der Waals surface area (Å²) in [5, 5.41) is 7.43. The minimum Gasteiger partial charge on any atom is -0.379 e. The van der Waals surface area contributed by atoms with Crippen LogP contribution in [-0.2, 0) is 0 Å². The Labute approximate surface area is 76.9 Å². The van der Waals surface area contributed by atoms with E-state index in [9.17, 15) is 0 Å². The fourth-order valence-electron chi connectivity index (χ4n) is 1.88. The van der Waals surface area contributed by atoms with E-state index < -0.39 is 0 Å². The molecule has 0 spiro atoms. The molecule has 0 aromatic carbocycles. The van der Waals surface area contributed by atoms with Crippen molar-refractivity contribution in [3.8, 4) is 0 Å². The van der Waals surface area contributed by atoms with E-state index in [1.165, 1.54) is 6.42 Å². The average Bonchev–Trinajstić information content (AvgIpc) is 2.51. The van der Waals surface area contributed by atoms with Gasteiger partial charge in [-0.3, -0.25) is 0 Å². The fourth-order valence-corrected chi connectivity index (χ4v) is 1.88. The number of likely N-dealkylation sites (tertiary alicyclic amines) is 1. The standard InChI is InChI=1S/C8H14N4O/c1-12-4-2-3-6(5-12)7-8(9)11-13-10-7/h6H,2-5H2,1H3,(H2,9,11). The van der Waals surface area contributed by atoms with E-state index >= 15 is 0 Å². The highest BCUT2D eigenvalue weighted by Gasteiger charge is 2.24. The molecule has 0 radical (unpaired) electrons. The number of nitrogens with two attached hydrogens (primary N) is 1. The van der Waals surface area contributed by atoms with Crippen molar-refractivity contribution >= 4 is 5.82 Å². The first kappa shape index (κ1) is 8.50. The van der Waals surface area contributed by atoms with Crippen LogP contribution in [0.15, 0.2) is 4.63 Å². The summed E-state index contributed by atoms with van der Waals surface area (Å²) in [4.78, 5) is 2.28. The molecule has 5 heteroatoms. The molecule has 13 heavy (non-hydrogen) atoms. The number of aromatic nitrogens is 2. The van der Waals surface area contributed by atoms with Crippen LogP contribution in [0, 0.1) is 0 Å².